The molecule has 0 aliphatic carbocycles. The maximum atomic E-state index is 13.8. The van der Waals surface area contributed by atoms with E-state index in [2.05, 4.69) is 30.6 Å². The Hall–Kier alpha value is -3.74. The van der Waals surface area contributed by atoms with Gasteiger partial charge in [-0.1, -0.05) is 11.6 Å². The minimum absolute atomic E-state index is 0.0353. The minimum atomic E-state index is -4.50. The SMILES string of the molecule is Cc1cc2ncc3c(n2n1)C(C(F)(F)F)CCN3C(=O)Nc1cnc(-n2nccn2)c(Cl)c1. The summed E-state index contributed by atoms with van der Waals surface area (Å²) >= 11 is 6.23. The van der Waals surface area contributed by atoms with Crippen molar-refractivity contribution in [1.29, 1.82) is 0 Å². The van der Waals surface area contributed by atoms with Crippen LogP contribution in [0.4, 0.5) is 29.3 Å². The zero-order valence-electron chi connectivity index (χ0n) is 17.0. The Kier molecular flexibility index (Phi) is 4.92. The summed E-state index contributed by atoms with van der Waals surface area (Å²) in [5, 5.41) is 14.9. The first-order chi connectivity index (χ1) is 15.7. The van der Waals surface area contributed by atoms with E-state index in [-0.39, 0.29) is 46.5 Å². The fraction of sp³-hybridized carbons (Fsp3) is 0.263. The summed E-state index contributed by atoms with van der Waals surface area (Å²) in [5.74, 6) is -1.52. The molecule has 170 valence electrons. The number of hydrogen-bond donors (Lipinski definition) is 1. The van der Waals surface area contributed by atoms with Crippen molar-refractivity contribution < 1.29 is 18.0 Å². The Morgan fingerprint density at radius 1 is 1.18 bits per heavy atom. The summed E-state index contributed by atoms with van der Waals surface area (Å²) in [7, 11) is 0. The van der Waals surface area contributed by atoms with Gasteiger partial charge in [0.15, 0.2) is 11.5 Å². The number of rotatable bonds is 2. The van der Waals surface area contributed by atoms with Gasteiger partial charge in [0.1, 0.15) is 5.92 Å². The lowest BCUT2D eigenvalue weighted by Gasteiger charge is -2.34. The second kappa shape index (κ2) is 7.69. The first-order valence-corrected chi connectivity index (χ1v) is 10.1. The van der Waals surface area contributed by atoms with Gasteiger partial charge in [-0.05, 0) is 19.4 Å². The number of carbonyl (C=O) groups excluding carboxylic acids is 1. The van der Waals surface area contributed by atoms with Crippen molar-refractivity contribution >= 4 is 34.7 Å². The van der Waals surface area contributed by atoms with Crippen molar-refractivity contribution in [2.75, 3.05) is 16.8 Å². The van der Waals surface area contributed by atoms with Gasteiger partial charge in [0, 0.05) is 12.6 Å². The van der Waals surface area contributed by atoms with Crippen molar-refractivity contribution in [1.82, 2.24) is 34.6 Å². The number of urea groups is 1. The molecule has 2 amide bonds. The monoisotopic (exact) mass is 477 g/mol. The van der Waals surface area contributed by atoms with E-state index >= 15 is 0 Å². The molecule has 1 aliphatic rings. The summed E-state index contributed by atoms with van der Waals surface area (Å²) in [4.78, 5) is 23.8. The van der Waals surface area contributed by atoms with Crippen molar-refractivity contribution in [3.63, 3.8) is 0 Å². The number of nitrogens with zero attached hydrogens (tertiary/aromatic N) is 8. The molecule has 10 nitrogen and oxygen atoms in total. The van der Waals surface area contributed by atoms with E-state index in [1.54, 1.807) is 13.0 Å². The van der Waals surface area contributed by atoms with Gasteiger partial charge < -0.3 is 5.32 Å². The molecule has 1 unspecified atom stereocenters. The van der Waals surface area contributed by atoms with Crippen LogP contribution in [-0.4, -0.2) is 53.3 Å². The fourth-order valence-electron chi connectivity index (χ4n) is 3.80. The lowest BCUT2D eigenvalue weighted by molar-refractivity contribution is -0.153. The molecule has 0 radical (unpaired) electrons. The van der Waals surface area contributed by atoms with Crippen molar-refractivity contribution in [3.8, 4) is 5.82 Å². The molecule has 14 heteroatoms. The largest absolute Gasteiger partial charge is 0.397 e. The highest BCUT2D eigenvalue weighted by Crippen LogP contribution is 2.44. The minimum Gasteiger partial charge on any atom is -0.306 e. The van der Waals surface area contributed by atoms with Gasteiger partial charge in [0.25, 0.3) is 0 Å². The first-order valence-electron chi connectivity index (χ1n) is 9.75. The van der Waals surface area contributed by atoms with Crippen molar-refractivity contribution in [2.45, 2.75) is 25.4 Å². The molecule has 5 heterocycles. The average Bonchev–Trinajstić information content (AvgIpc) is 3.41. The third-order valence-corrected chi connectivity index (χ3v) is 5.48. The van der Waals surface area contributed by atoms with Crippen molar-refractivity contribution in [3.05, 3.63) is 53.3 Å². The molecular weight excluding hydrogens is 463 g/mol. The normalized spacial score (nSPS) is 16.2. The van der Waals surface area contributed by atoms with Crippen LogP contribution in [0, 0.1) is 6.92 Å². The van der Waals surface area contributed by atoms with Gasteiger partial charge in [0.2, 0.25) is 0 Å². The second-order valence-electron chi connectivity index (χ2n) is 7.40. The highest BCUT2D eigenvalue weighted by molar-refractivity contribution is 6.32. The number of halogens is 4. The van der Waals surface area contributed by atoms with E-state index in [0.717, 1.165) is 4.52 Å². The quantitative estimate of drug-likeness (QED) is 0.471. The highest BCUT2D eigenvalue weighted by Gasteiger charge is 2.47. The molecule has 1 N–H and O–H groups in total. The predicted molar refractivity (Wildman–Crippen MR) is 112 cm³/mol. The fourth-order valence-corrected chi connectivity index (χ4v) is 4.04. The van der Waals surface area contributed by atoms with Crippen LogP contribution in [0.5, 0.6) is 0 Å². The Morgan fingerprint density at radius 2 is 1.94 bits per heavy atom. The zero-order valence-corrected chi connectivity index (χ0v) is 17.7. The van der Waals surface area contributed by atoms with E-state index in [1.807, 2.05) is 0 Å². The predicted octanol–water partition coefficient (Wildman–Crippen LogP) is 3.75. The molecule has 0 saturated carbocycles. The van der Waals surface area contributed by atoms with E-state index in [4.69, 9.17) is 11.6 Å². The summed E-state index contributed by atoms with van der Waals surface area (Å²) in [6.07, 6.45) is 0.721. The van der Waals surface area contributed by atoms with Crippen molar-refractivity contribution in [2.24, 2.45) is 0 Å². The Bertz CT molecular complexity index is 1350. The molecule has 0 saturated heterocycles. The van der Waals surface area contributed by atoms with E-state index < -0.39 is 18.1 Å². The van der Waals surface area contributed by atoms with Gasteiger partial charge in [0.05, 0.1) is 52.6 Å². The molecule has 33 heavy (non-hydrogen) atoms. The van der Waals surface area contributed by atoms with Crippen LogP contribution >= 0.6 is 11.6 Å². The Morgan fingerprint density at radius 3 is 2.64 bits per heavy atom. The Balaban J connectivity index is 1.48. The maximum absolute atomic E-state index is 13.8. The van der Waals surface area contributed by atoms with E-state index in [0.29, 0.717) is 5.69 Å². The lowest BCUT2D eigenvalue weighted by atomic mass is 9.94. The third kappa shape index (κ3) is 3.73. The zero-order chi connectivity index (χ0) is 23.3. The van der Waals surface area contributed by atoms with Gasteiger partial charge in [-0.15, -0.1) is 4.80 Å². The molecule has 0 bridgehead atoms. The van der Waals surface area contributed by atoms with Crippen LogP contribution in [0.25, 0.3) is 11.5 Å². The smallest absolute Gasteiger partial charge is 0.306 e. The lowest BCUT2D eigenvalue weighted by Crippen LogP contribution is -2.43. The Labute approximate surface area is 189 Å². The second-order valence-corrected chi connectivity index (χ2v) is 7.80. The van der Waals surface area contributed by atoms with Crippen LogP contribution in [0.15, 0.2) is 36.9 Å². The third-order valence-electron chi connectivity index (χ3n) is 5.21. The topological polar surface area (TPSA) is 106 Å². The molecule has 1 aliphatic heterocycles. The molecule has 1 atom stereocenters. The van der Waals surface area contributed by atoms with Crippen LogP contribution in [0.2, 0.25) is 5.02 Å². The van der Waals surface area contributed by atoms with Gasteiger partial charge in [-0.3, -0.25) is 4.90 Å². The summed E-state index contributed by atoms with van der Waals surface area (Å²) in [6.45, 7) is 1.50. The molecule has 5 rings (SSSR count). The number of nitrogens with one attached hydrogen (secondary N) is 1. The van der Waals surface area contributed by atoms with Crippen LogP contribution in [0.3, 0.4) is 0 Å². The average molecular weight is 478 g/mol. The van der Waals surface area contributed by atoms with Gasteiger partial charge in [-0.2, -0.15) is 28.5 Å². The number of pyridine rings is 1. The standard InChI is InChI=1S/C19H15ClF3N9O/c1-10-6-15-24-9-14-16(31(15)29-10)12(19(21,22)23)2-5-30(14)18(33)28-11-7-13(20)17(25-8-11)32-26-3-4-27-32/h3-4,6-9,12H,2,5H2,1H3,(H,28,33). The highest BCUT2D eigenvalue weighted by atomic mass is 35.5. The summed E-state index contributed by atoms with van der Waals surface area (Å²) in [5.41, 5.74) is 0.961. The number of fused-ring (bicyclic) bond motifs is 3. The summed E-state index contributed by atoms with van der Waals surface area (Å²) < 4.78 is 42.6. The number of aromatic nitrogens is 7. The number of aryl methyl sites for hydroxylation is 1. The molecular formula is C19H15ClF3N9O. The maximum Gasteiger partial charge on any atom is 0.397 e. The molecule has 0 aromatic carbocycles. The molecule has 0 fully saturated rings. The molecule has 0 spiro atoms. The number of carbonyl (C=O) groups is 1. The van der Waals surface area contributed by atoms with Gasteiger partial charge in [-0.25, -0.2) is 19.3 Å². The number of anilines is 2. The first kappa shape index (κ1) is 21.1. The summed E-state index contributed by atoms with van der Waals surface area (Å²) in [6, 6.07) is 2.38. The van der Waals surface area contributed by atoms with Crippen LogP contribution < -0.4 is 10.2 Å². The number of alkyl halides is 3. The number of amides is 2. The van der Waals surface area contributed by atoms with Crippen LogP contribution in [0.1, 0.15) is 23.7 Å². The van der Waals surface area contributed by atoms with E-state index in [1.165, 1.54) is 40.6 Å². The molecule has 4 aromatic rings. The van der Waals surface area contributed by atoms with E-state index in [9.17, 15) is 18.0 Å². The van der Waals surface area contributed by atoms with Crippen LogP contribution in [-0.2, 0) is 0 Å². The molecule has 4 aromatic heterocycles. The van der Waals surface area contributed by atoms with Gasteiger partial charge >= 0.3 is 12.2 Å². The number of hydrogen-bond acceptors (Lipinski definition) is 6.